The fourth-order valence-corrected chi connectivity index (χ4v) is 1.53. The van der Waals surface area contributed by atoms with Gasteiger partial charge in [0.2, 0.25) is 10.0 Å². The Morgan fingerprint density at radius 1 is 1.27 bits per heavy atom. The summed E-state index contributed by atoms with van der Waals surface area (Å²) in [5.41, 5.74) is 0.802. The lowest BCUT2D eigenvalue weighted by atomic mass is 10.2. The Kier molecular flexibility index (Phi) is 3.89. The Balaban J connectivity index is 2.88. The number of benzene rings is 1. The second-order valence-electron chi connectivity index (χ2n) is 3.12. The van der Waals surface area contributed by atoms with Gasteiger partial charge in [0.15, 0.2) is 0 Å². The highest BCUT2D eigenvalue weighted by atomic mass is 32.2. The maximum absolute atomic E-state index is 10.9. The van der Waals surface area contributed by atoms with Crippen molar-refractivity contribution in [1.82, 2.24) is 0 Å². The molecule has 0 unspecified atom stereocenters. The Bertz CT molecular complexity index is 478. The van der Waals surface area contributed by atoms with Crippen LogP contribution >= 0.6 is 0 Å². The van der Waals surface area contributed by atoms with E-state index in [1.54, 1.807) is 12.1 Å². The second-order valence-corrected chi connectivity index (χ2v) is 4.68. The molecule has 3 nitrogen and oxygen atoms in total. The number of sulfonamides is 1. The first kappa shape index (κ1) is 11.8. The fourth-order valence-electron chi connectivity index (χ4n) is 1.02. The molecular formula is C11H13NO2S. The van der Waals surface area contributed by atoms with Gasteiger partial charge >= 0.3 is 0 Å². The number of primary sulfonamides is 1. The highest BCUT2D eigenvalue weighted by molar-refractivity contribution is 7.89. The summed E-state index contributed by atoms with van der Waals surface area (Å²) >= 11 is 0. The van der Waals surface area contributed by atoms with Gasteiger partial charge in [0.1, 0.15) is 0 Å². The molecule has 0 saturated heterocycles. The van der Waals surface area contributed by atoms with Crippen LogP contribution in [0, 0.1) is 11.8 Å². The third-order valence-electron chi connectivity index (χ3n) is 1.79. The third kappa shape index (κ3) is 3.74. The van der Waals surface area contributed by atoms with Crippen molar-refractivity contribution in [3.05, 3.63) is 29.8 Å². The summed E-state index contributed by atoms with van der Waals surface area (Å²) < 4.78 is 21.9. The van der Waals surface area contributed by atoms with Gasteiger partial charge in [-0.15, -0.1) is 0 Å². The molecule has 80 valence electrons. The molecule has 2 N–H and O–H groups in total. The predicted molar refractivity (Wildman–Crippen MR) is 59.6 cm³/mol. The van der Waals surface area contributed by atoms with E-state index in [0.29, 0.717) is 0 Å². The van der Waals surface area contributed by atoms with Gasteiger partial charge in [-0.05, 0) is 30.7 Å². The SMILES string of the molecule is CCCC#Cc1ccc(S(N)(=O)=O)cc1. The molecule has 0 fully saturated rings. The molecule has 0 aliphatic carbocycles. The van der Waals surface area contributed by atoms with E-state index in [2.05, 4.69) is 18.8 Å². The number of hydrogen-bond donors (Lipinski definition) is 1. The zero-order chi connectivity index (χ0) is 11.3. The van der Waals surface area contributed by atoms with Crippen molar-refractivity contribution in [3.8, 4) is 11.8 Å². The summed E-state index contributed by atoms with van der Waals surface area (Å²) in [6.07, 6.45) is 1.86. The van der Waals surface area contributed by atoms with E-state index < -0.39 is 10.0 Å². The van der Waals surface area contributed by atoms with Crippen LogP contribution in [-0.4, -0.2) is 8.42 Å². The van der Waals surface area contributed by atoms with Crippen LogP contribution in [0.4, 0.5) is 0 Å². The van der Waals surface area contributed by atoms with Gasteiger partial charge in [0, 0.05) is 12.0 Å². The topological polar surface area (TPSA) is 60.2 Å². The fraction of sp³-hybridized carbons (Fsp3) is 0.273. The number of rotatable bonds is 2. The van der Waals surface area contributed by atoms with Gasteiger partial charge in [-0.1, -0.05) is 18.8 Å². The van der Waals surface area contributed by atoms with Crippen LogP contribution in [0.5, 0.6) is 0 Å². The van der Waals surface area contributed by atoms with Crippen LogP contribution in [0.15, 0.2) is 29.2 Å². The van der Waals surface area contributed by atoms with E-state index in [4.69, 9.17) is 5.14 Å². The molecular weight excluding hydrogens is 210 g/mol. The van der Waals surface area contributed by atoms with Crippen LogP contribution in [0.2, 0.25) is 0 Å². The summed E-state index contributed by atoms with van der Waals surface area (Å²) in [5, 5.41) is 4.96. The van der Waals surface area contributed by atoms with Gasteiger partial charge in [-0.2, -0.15) is 0 Å². The Hall–Kier alpha value is -1.31. The van der Waals surface area contributed by atoms with Gasteiger partial charge in [-0.25, -0.2) is 13.6 Å². The Labute approximate surface area is 90.4 Å². The quantitative estimate of drug-likeness (QED) is 0.772. The van der Waals surface area contributed by atoms with Crippen molar-refractivity contribution in [2.75, 3.05) is 0 Å². The molecule has 0 heterocycles. The summed E-state index contributed by atoms with van der Waals surface area (Å²) in [7, 11) is -3.59. The standard InChI is InChI=1S/C11H13NO2S/c1-2-3-4-5-10-6-8-11(9-7-10)15(12,13)14/h6-9H,2-3H2,1H3,(H2,12,13,14). The van der Waals surface area contributed by atoms with Crippen LogP contribution in [0.3, 0.4) is 0 Å². The van der Waals surface area contributed by atoms with Crippen molar-refractivity contribution in [2.45, 2.75) is 24.7 Å². The highest BCUT2D eigenvalue weighted by Crippen LogP contribution is 2.07. The normalized spacial score (nSPS) is 10.5. The van der Waals surface area contributed by atoms with Gasteiger partial charge < -0.3 is 0 Å². The molecule has 0 bridgehead atoms. The third-order valence-corrected chi connectivity index (χ3v) is 2.72. The maximum Gasteiger partial charge on any atom is 0.238 e. The van der Waals surface area contributed by atoms with Crippen molar-refractivity contribution in [3.63, 3.8) is 0 Å². The molecule has 0 aliphatic rings. The molecule has 4 heteroatoms. The van der Waals surface area contributed by atoms with E-state index >= 15 is 0 Å². The molecule has 15 heavy (non-hydrogen) atoms. The number of hydrogen-bond acceptors (Lipinski definition) is 2. The number of unbranched alkanes of at least 4 members (excludes halogenated alkanes) is 1. The summed E-state index contributed by atoms with van der Waals surface area (Å²) in [5.74, 6) is 5.92. The molecule has 0 spiro atoms. The molecule has 1 rings (SSSR count). The molecule has 0 saturated carbocycles. The van der Waals surface area contributed by atoms with Gasteiger partial charge in [-0.3, -0.25) is 0 Å². The lowest BCUT2D eigenvalue weighted by molar-refractivity contribution is 0.598. The highest BCUT2D eigenvalue weighted by Gasteiger charge is 2.05. The van der Waals surface area contributed by atoms with Gasteiger partial charge in [0.25, 0.3) is 0 Å². The molecule has 0 amide bonds. The van der Waals surface area contributed by atoms with Crippen LogP contribution < -0.4 is 5.14 Å². The van der Waals surface area contributed by atoms with Crippen LogP contribution in [0.1, 0.15) is 25.3 Å². The molecule has 0 atom stereocenters. The minimum Gasteiger partial charge on any atom is -0.225 e. The second kappa shape index (κ2) is 4.96. The van der Waals surface area contributed by atoms with Crippen molar-refractivity contribution in [1.29, 1.82) is 0 Å². The minimum atomic E-state index is -3.59. The maximum atomic E-state index is 10.9. The van der Waals surface area contributed by atoms with Crippen LogP contribution in [-0.2, 0) is 10.0 Å². The monoisotopic (exact) mass is 223 g/mol. The Morgan fingerprint density at radius 3 is 2.33 bits per heavy atom. The first-order chi connectivity index (χ1) is 7.04. The number of nitrogens with two attached hydrogens (primary N) is 1. The average molecular weight is 223 g/mol. The van der Waals surface area contributed by atoms with Gasteiger partial charge in [0.05, 0.1) is 4.90 Å². The zero-order valence-corrected chi connectivity index (χ0v) is 9.34. The van der Waals surface area contributed by atoms with Crippen molar-refractivity contribution in [2.24, 2.45) is 5.14 Å². The summed E-state index contributed by atoms with van der Waals surface area (Å²) in [4.78, 5) is 0.114. The lowest BCUT2D eigenvalue weighted by Crippen LogP contribution is -2.11. The molecule has 1 aromatic rings. The molecule has 0 radical (unpaired) electrons. The lowest BCUT2D eigenvalue weighted by Gasteiger charge is -1.96. The van der Waals surface area contributed by atoms with E-state index in [1.807, 2.05) is 0 Å². The van der Waals surface area contributed by atoms with E-state index in [0.717, 1.165) is 18.4 Å². The smallest absolute Gasteiger partial charge is 0.225 e. The molecule has 0 aromatic heterocycles. The van der Waals surface area contributed by atoms with Crippen LogP contribution in [0.25, 0.3) is 0 Å². The zero-order valence-electron chi connectivity index (χ0n) is 8.53. The predicted octanol–water partition coefficient (Wildman–Crippen LogP) is 1.49. The van der Waals surface area contributed by atoms with Crippen molar-refractivity contribution < 1.29 is 8.42 Å². The van der Waals surface area contributed by atoms with E-state index in [1.165, 1.54) is 12.1 Å². The molecule has 0 aliphatic heterocycles. The minimum absolute atomic E-state index is 0.114. The average Bonchev–Trinajstić information content (AvgIpc) is 2.18. The largest absolute Gasteiger partial charge is 0.238 e. The van der Waals surface area contributed by atoms with E-state index in [-0.39, 0.29) is 4.90 Å². The van der Waals surface area contributed by atoms with E-state index in [9.17, 15) is 8.42 Å². The summed E-state index contributed by atoms with van der Waals surface area (Å²) in [6.45, 7) is 2.05. The Morgan fingerprint density at radius 2 is 1.87 bits per heavy atom. The van der Waals surface area contributed by atoms with Crippen molar-refractivity contribution >= 4 is 10.0 Å². The first-order valence-corrected chi connectivity index (χ1v) is 6.20. The summed E-state index contributed by atoms with van der Waals surface area (Å²) in [6, 6.07) is 6.24. The first-order valence-electron chi connectivity index (χ1n) is 4.66. The molecule has 1 aromatic carbocycles.